The molecule has 0 amide bonds. The second-order valence-electron chi connectivity index (χ2n) is 3.04. The van der Waals surface area contributed by atoms with Crippen molar-refractivity contribution in [2.45, 2.75) is 11.4 Å². The average molecular weight is 231 g/mol. The van der Waals surface area contributed by atoms with Gasteiger partial charge in [0.1, 0.15) is 10.2 Å². The van der Waals surface area contributed by atoms with E-state index >= 15 is 0 Å². The molecule has 1 heterocycles. The molecule has 6 heteroatoms. The van der Waals surface area contributed by atoms with Crippen LogP contribution in [0.3, 0.4) is 0 Å². The van der Waals surface area contributed by atoms with Crippen molar-refractivity contribution in [2.75, 3.05) is 0 Å². The van der Waals surface area contributed by atoms with E-state index in [0.29, 0.717) is 11.6 Å². The van der Waals surface area contributed by atoms with Crippen LogP contribution in [0.15, 0.2) is 12.3 Å². The summed E-state index contributed by atoms with van der Waals surface area (Å²) in [6.07, 6.45) is 5.47. The van der Waals surface area contributed by atoms with Gasteiger partial charge < -0.3 is 0 Å². The monoisotopic (exact) mass is 230 g/mol. The van der Waals surface area contributed by atoms with Gasteiger partial charge in [-0.25, -0.2) is 10.4 Å². The first-order valence-corrected chi connectivity index (χ1v) is 4.76. The zero-order chi connectivity index (χ0) is 10.2. The summed E-state index contributed by atoms with van der Waals surface area (Å²) >= 11 is 11.8. The molecule has 74 valence electrons. The van der Waals surface area contributed by atoms with Crippen molar-refractivity contribution in [3.63, 3.8) is 0 Å². The molecule has 0 spiro atoms. The average Bonchev–Trinajstić information content (AvgIpc) is 2.19. The van der Waals surface area contributed by atoms with Gasteiger partial charge in [0.2, 0.25) is 0 Å². The van der Waals surface area contributed by atoms with E-state index in [1.807, 2.05) is 0 Å². The predicted molar refractivity (Wildman–Crippen MR) is 55.7 cm³/mol. The van der Waals surface area contributed by atoms with Crippen LogP contribution >= 0.6 is 23.2 Å². The molecule has 1 aromatic rings. The molecule has 1 unspecified atom stereocenters. The van der Waals surface area contributed by atoms with Crippen LogP contribution < -0.4 is 11.3 Å². The van der Waals surface area contributed by atoms with Gasteiger partial charge in [0, 0.05) is 6.42 Å². The van der Waals surface area contributed by atoms with Crippen LogP contribution in [0.4, 0.5) is 0 Å². The van der Waals surface area contributed by atoms with Gasteiger partial charge in [-0.15, -0.1) is 0 Å². The van der Waals surface area contributed by atoms with Gasteiger partial charge in [0.15, 0.2) is 0 Å². The Hall–Kier alpha value is -0.680. The second kappa shape index (κ2) is 3.47. The lowest BCUT2D eigenvalue weighted by atomic mass is 10.0. The highest BCUT2D eigenvalue weighted by molar-refractivity contribution is 6.29. The van der Waals surface area contributed by atoms with Crippen LogP contribution in [0.5, 0.6) is 0 Å². The smallest absolute Gasteiger partial charge is 0.148 e. The fourth-order valence-electron chi connectivity index (χ4n) is 1.29. The number of alkyl halides is 1. The normalized spacial score (nSPS) is 24.8. The van der Waals surface area contributed by atoms with Crippen LogP contribution in [0, 0.1) is 0 Å². The first kappa shape index (κ1) is 9.86. The minimum atomic E-state index is -0.768. The first-order valence-electron chi connectivity index (χ1n) is 4.00. The number of nitrogens with one attached hydrogen (secondary N) is 1. The number of nitrogens with zero attached hydrogens (tertiary/aromatic N) is 2. The van der Waals surface area contributed by atoms with Crippen molar-refractivity contribution in [3.8, 4) is 0 Å². The highest BCUT2D eigenvalue weighted by Gasteiger charge is 2.28. The largest absolute Gasteiger partial charge is 0.270 e. The zero-order valence-corrected chi connectivity index (χ0v) is 8.68. The molecule has 3 N–H and O–H groups in total. The van der Waals surface area contributed by atoms with Crippen LogP contribution in [0.25, 0.3) is 6.08 Å². The molecular formula is C8H8Cl2N4. The maximum atomic E-state index is 6.10. The number of fused-ring (bicyclic) bond motifs is 1. The Labute approximate surface area is 91.1 Å². The van der Waals surface area contributed by atoms with Crippen molar-refractivity contribution in [2.24, 2.45) is 5.84 Å². The zero-order valence-electron chi connectivity index (χ0n) is 7.17. The second-order valence-corrected chi connectivity index (χ2v) is 4.10. The fourth-order valence-corrected chi connectivity index (χ4v) is 1.62. The van der Waals surface area contributed by atoms with E-state index in [9.17, 15) is 0 Å². The van der Waals surface area contributed by atoms with Crippen LogP contribution in [-0.2, 0) is 6.42 Å². The van der Waals surface area contributed by atoms with Crippen molar-refractivity contribution in [1.29, 1.82) is 0 Å². The molecule has 1 aliphatic carbocycles. The van der Waals surface area contributed by atoms with Crippen molar-refractivity contribution >= 4 is 29.3 Å². The van der Waals surface area contributed by atoms with Crippen LogP contribution in [0.1, 0.15) is 11.4 Å². The quantitative estimate of drug-likeness (QED) is 0.329. The minimum absolute atomic E-state index is 0.371. The van der Waals surface area contributed by atoms with E-state index in [0.717, 1.165) is 11.4 Å². The molecule has 1 aliphatic rings. The van der Waals surface area contributed by atoms with Gasteiger partial charge in [-0.05, 0) is 12.2 Å². The Balaban J connectivity index is 2.41. The molecule has 0 saturated heterocycles. The summed E-state index contributed by atoms with van der Waals surface area (Å²) in [5, 5.41) is 0.371. The highest BCUT2D eigenvalue weighted by Crippen LogP contribution is 2.26. The number of nitrogens with two attached hydrogens (primary N) is 1. The molecular weight excluding hydrogens is 223 g/mol. The third-order valence-electron chi connectivity index (χ3n) is 2.02. The molecule has 14 heavy (non-hydrogen) atoms. The summed E-state index contributed by atoms with van der Waals surface area (Å²) in [5.41, 5.74) is 4.04. The molecule has 0 aromatic carbocycles. The number of hydrazine groups is 1. The maximum absolute atomic E-state index is 6.10. The van der Waals surface area contributed by atoms with E-state index in [4.69, 9.17) is 29.0 Å². The Morgan fingerprint density at radius 3 is 3.07 bits per heavy atom. The Kier molecular flexibility index (Phi) is 2.45. The highest BCUT2D eigenvalue weighted by atomic mass is 35.5. The molecule has 0 aliphatic heterocycles. The number of halogens is 2. The van der Waals surface area contributed by atoms with Crippen molar-refractivity contribution in [3.05, 3.63) is 28.8 Å². The number of rotatable bonds is 1. The van der Waals surface area contributed by atoms with Crippen molar-refractivity contribution in [1.82, 2.24) is 15.4 Å². The van der Waals surface area contributed by atoms with Gasteiger partial charge in [0.25, 0.3) is 0 Å². The van der Waals surface area contributed by atoms with Gasteiger partial charge >= 0.3 is 0 Å². The van der Waals surface area contributed by atoms with Gasteiger partial charge in [-0.1, -0.05) is 23.2 Å². The molecule has 1 aromatic heterocycles. The van der Waals surface area contributed by atoms with E-state index in [2.05, 4.69) is 15.4 Å². The Morgan fingerprint density at radius 2 is 2.36 bits per heavy atom. The third kappa shape index (κ3) is 1.74. The molecule has 0 saturated carbocycles. The van der Waals surface area contributed by atoms with E-state index in [1.165, 1.54) is 6.20 Å². The van der Waals surface area contributed by atoms with Gasteiger partial charge in [0.05, 0.1) is 17.6 Å². The van der Waals surface area contributed by atoms with E-state index in [-0.39, 0.29) is 0 Å². The van der Waals surface area contributed by atoms with E-state index in [1.54, 1.807) is 12.2 Å². The molecule has 2 rings (SSSR count). The van der Waals surface area contributed by atoms with E-state index < -0.39 is 5.00 Å². The lowest BCUT2D eigenvalue weighted by molar-refractivity contribution is 0.545. The lowest BCUT2D eigenvalue weighted by Gasteiger charge is -2.25. The SMILES string of the molecule is NNC1(Cl)C=Cc2nc(Cl)cnc2C1. The summed E-state index contributed by atoms with van der Waals surface area (Å²) in [7, 11) is 0. The maximum Gasteiger partial charge on any atom is 0.148 e. The predicted octanol–water partition coefficient (Wildman–Crippen LogP) is 1.10. The summed E-state index contributed by atoms with van der Waals surface area (Å²) < 4.78 is 0. The molecule has 0 radical (unpaired) electrons. The summed E-state index contributed by atoms with van der Waals surface area (Å²) in [5.74, 6) is 5.32. The fraction of sp³-hybridized carbons (Fsp3) is 0.250. The minimum Gasteiger partial charge on any atom is -0.270 e. The van der Waals surface area contributed by atoms with Crippen LogP contribution in [0.2, 0.25) is 5.15 Å². The lowest BCUT2D eigenvalue weighted by Crippen LogP contribution is -2.46. The first-order chi connectivity index (χ1) is 6.63. The number of hydrogen-bond donors (Lipinski definition) is 2. The summed E-state index contributed by atoms with van der Waals surface area (Å²) in [6, 6.07) is 0. The number of hydrogen-bond acceptors (Lipinski definition) is 4. The number of aromatic nitrogens is 2. The topological polar surface area (TPSA) is 63.8 Å². The van der Waals surface area contributed by atoms with Crippen molar-refractivity contribution < 1.29 is 0 Å². The third-order valence-corrected chi connectivity index (χ3v) is 2.57. The molecule has 1 atom stereocenters. The van der Waals surface area contributed by atoms with Gasteiger partial charge in [-0.3, -0.25) is 10.8 Å². The molecule has 4 nitrogen and oxygen atoms in total. The van der Waals surface area contributed by atoms with Crippen LogP contribution in [-0.4, -0.2) is 15.0 Å². The Morgan fingerprint density at radius 1 is 1.57 bits per heavy atom. The summed E-state index contributed by atoms with van der Waals surface area (Å²) in [4.78, 5) is 7.47. The standard InChI is InChI=1S/C8H8Cl2N4/c9-7-4-12-6-3-8(10,14-11)2-1-5(6)13-7/h1-2,4,14H,3,11H2. The Bertz CT molecular complexity index is 393. The summed E-state index contributed by atoms with van der Waals surface area (Å²) in [6.45, 7) is 0. The molecule has 0 fully saturated rings. The van der Waals surface area contributed by atoms with Gasteiger partial charge in [-0.2, -0.15) is 0 Å². The molecule has 0 bridgehead atoms.